The van der Waals surface area contributed by atoms with Crippen LogP contribution in [0.5, 0.6) is 0 Å². The van der Waals surface area contributed by atoms with Crippen molar-refractivity contribution in [3.63, 3.8) is 0 Å². The van der Waals surface area contributed by atoms with Gasteiger partial charge in [0, 0.05) is 18.4 Å². The van der Waals surface area contributed by atoms with Crippen LogP contribution in [-0.4, -0.2) is 34.5 Å². The number of amides is 1. The van der Waals surface area contributed by atoms with Gasteiger partial charge in [-0.05, 0) is 48.9 Å². The minimum atomic E-state index is -0.968. The lowest BCUT2D eigenvalue weighted by molar-refractivity contribution is -0.129. The third-order valence-corrected chi connectivity index (χ3v) is 7.24. The number of nitrogens with zero attached hydrogens (tertiary/aromatic N) is 2. The molecule has 6 nitrogen and oxygen atoms in total. The number of rotatable bonds is 9. The highest BCUT2D eigenvalue weighted by Gasteiger charge is 2.31. The van der Waals surface area contributed by atoms with E-state index in [-0.39, 0.29) is 35.9 Å². The Kier molecular flexibility index (Phi) is 8.03. The minimum Gasteiger partial charge on any atom is -0.341 e. The molecule has 8 heteroatoms. The van der Waals surface area contributed by atoms with Gasteiger partial charge >= 0.3 is 0 Å². The van der Waals surface area contributed by atoms with Crippen LogP contribution in [0.25, 0.3) is 11.1 Å². The van der Waals surface area contributed by atoms with Crippen LogP contribution in [-0.2, 0) is 16.0 Å². The molecule has 0 radical (unpaired) electrons. The van der Waals surface area contributed by atoms with E-state index in [9.17, 15) is 9.59 Å². The predicted molar refractivity (Wildman–Crippen MR) is 136 cm³/mol. The highest BCUT2D eigenvalue weighted by Crippen LogP contribution is 2.36. The number of hydrogen-bond acceptors (Lipinski definition) is 6. The number of hydrogen-bond donors (Lipinski definition) is 2. The Morgan fingerprint density at radius 2 is 1.89 bits per heavy atom. The summed E-state index contributed by atoms with van der Waals surface area (Å²) in [5.74, 6) is -0.800. The number of Topliss-reactive ketones (excluding diaryl/α,β-unsaturated/α-hetero) is 1. The largest absolute Gasteiger partial charge is 0.341 e. The number of aromatic nitrogens is 2. The topological polar surface area (TPSA) is 84.0 Å². The summed E-state index contributed by atoms with van der Waals surface area (Å²) < 4.78 is 15.9. The Hall–Kier alpha value is -2.97. The number of carbonyl (C=O) groups is 2. The fourth-order valence-corrected chi connectivity index (χ4v) is 5.20. The van der Waals surface area contributed by atoms with Gasteiger partial charge in [-0.25, -0.2) is 4.39 Å². The van der Waals surface area contributed by atoms with Crippen molar-refractivity contribution in [2.24, 2.45) is 0 Å². The highest BCUT2D eigenvalue weighted by atomic mass is 32.1. The van der Waals surface area contributed by atoms with Crippen LogP contribution in [0, 0.1) is 12.7 Å². The molecule has 1 fully saturated rings. The van der Waals surface area contributed by atoms with Crippen LogP contribution >= 0.6 is 11.3 Å². The molecule has 0 saturated carbocycles. The summed E-state index contributed by atoms with van der Waals surface area (Å²) in [4.78, 5) is 26.7. The number of halogens is 1. The maximum atomic E-state index is 15.9. The van der Waals surface area contributed by atoms with Crippen molar-refractivity contribution < 1.29 is 14.0 Å². The van der Waals surface area contributed by atoms with Crippen molar-refractivity contribution in [1.29, 1.82) is 0 Å². The molecule has 0 spiro atoms. The molecule has 35 heavy (non-hydrogen) atoms. The first-order chi connectivity index (χ1) is 16.8. The van der Waals surface area contributed by atoms with Crippen molar-refractivity contribution in [3.8, 4) is 11.1 Å². The molecular formula is C27H31FN4O2S. The second-order valence-corrected chi connectivity index (χ2v) is 10.5. The van der Waals surface area contributed by atoms with Crippen molar-refractivity contribution >= 4 is 23.0 Å². The Morgan fingerprint density at radius 1 is 1.14 bits per heavy atom. The molecule has 0 bridgehead atoms. The van der Waals surface area contributed by atoms with Crippen molar-refractivity contribution in [2.75, 3.05) is 6.54 Å². The van der Waals surface area contributed by atoms with Crippen molar-refractivity contribution in [3.05, 3.63) is 69.4 Å². The number of ketones is 1. The van der Waals surface area contributed by atoms with Gasteiger partial charge in [0.1, 0.15) is 21.9 Å². The number of nitrogens with one attached hydrogen (secondary N) is 2. The van der Waals surface area contributed by atoms with E-state index in [2.05, 4.69) is 20.8 Å². The second kappa shape index (κ2) is 11.2. The zero-order valence-corrected chi connectivity index (χ0v) is 21.1. The molecule has 1 amide bonds. The lowest BCUT2D eigenvalue weighted by Crippen LogP contribution is -2.44. The average molecular weight is 495 g/mol. The molecule has 2 atom stereocenters. The van der Waals surface area contributed by atoms with E-state index in [0.717, 1.165) is 23.0 Å². The zero-order valence-electron chi connectivity index (χ0n) is 20.3. The van der Waals surface area contributed by atoms with Gasteiger partial charge in [0.15, 0.2) is 5.78 Å². The maximum absolute atomic E-state index is 15.9. The minimum absolute atomic E-state index is 0.0291. The first-order valence-electron chi connectivity index (χ1n) is 12.1. The molecule has 2 unspecified atom stereocenters. The van der Waals surface area contributed by atoms with Gasteiger partial charge in [-0.2, -0.15) is 0 Å². The average Bonchev–Trinajstić information content (AvgIpc) is 3.53. The Bertz CT molecular complexity index is 1190. The monoisotopic (exact) mass is 494 g/mol. The Labute approximate surface area is 209 Å². The standard InChI is InChI=1S/C27H31FN4O2S/c1-16(2)19-11-12-20(24(25(19)28)18-8-5-4-6-9-18)26(30-27(34)21-10-7-15-29-21)22(33)13-14-23-32-31-17(3)35-23/h4-6,8-9,11-12,16,21,26,29H,7,10,13-15H2,1-3H3,(H,30,34). The van der Waals surface area contributed by atoms with E-state index in [4.69, 9.17) is 0 Å². The summed E-state index contributed by atoms with van der Waals surface area (Å²) in [5, 5.41) is 15.9. The van der Waals surface area contributed by atoms with Gasteiger partial charge < -0.3 is 10.6 Å². The van der Waals surface area contributed by atoms with E-state index in [1.807, 2.05) is 51.1 Å². The summed E-state index contributed by atoms with van der Waals surface area (Å²) in [5.41, 5.74) is 2.09. The van der Waals surface area contributed by atoms with Crippen LogP contribution in [0.3, 0.4) is 0 Å². The summed E-state index contributed by atoms with van der Waals surface area (Å²) in [6.07, 6.45) is 2.20. The molecule has 0 aliphatic carbocycles. The number of carbonyl (C=O) groups excluding carboxylic acids is 2. The fraction of sp³-hybridized carbons (Fsp3) is 0.407. The van der Waals surface area contributed by atoms with Crippen LogP contribution in [0.4, 0.5) is 4.39 Å². The first-order valence-corrected chi connectivity index (χ1v) is 12.9. The third kappa shape index (κ3) is 5.82. The smallest absolute Gasteiger partial charge is 0.237 e. The Balaban J connectivity index is 1.74. The molecule has 2 N–H and O–H groups in total. The number of aryl methyl sites for hydroxylation is 2. The predicted octanol–water partition coefficient (Wildman–Crippen LogP) is 4.89. The summed E-state index contributed by atoms with van der Waals surface area (Å²) in [6.45, 7) is 6.51. The zero-order chi connectivity index (χ0) is 24.9. The van der Waals surface area contributed by atoms with Gasteiger partial charge in [0.2, 0.25) is 5.91 Å². The van der Waals surface area contributed by atoms with Gasteiger partial charge in [0.05, 0.1) is 6.04 Å². The molecule has 184 valence electrons. The normalized spacial score (nSPS) is 16.4. The van der Waals surface area contributed by atoms with Gasteiger partial charge in [0.25, 0.3) is 0 Å². The van der Waals surface area contributed by atoms with Gasteiger partial charge in [-0.1, -0.05) is 56.3 Å². The number of benzene rings is 2. The molecule has 1 aromatic heterocycles. The molecule has 2 heterocycles. The molecule has 3 aromatic rings. The van der Waals surface area contributed by atoms with E-state index >= 15 is 4.39 Å². The summed E-state index contributed by atoms with van der Waals surface area (Å²) in [6, 6.07) is 11.4. The molecular weight excluding hydrogens is 463 g/mol. The van der Waals surface area contributed by atoms with Gasteiger partial charge in [-0.3, -0.25) is 9.59 Å². The third-order valence-electron chi connectivity index (χ3n) is 6.34. The quantitative estimate of drug-likeness (QED) is 0.443. The molecule has 2 aromatic carbocycles. The maximum Gasteiger partial charge on any atom is 0.237 e. The summed E-state index contributed by atoms with van der Waals surface area (Å²) in [7, 11) is 0. The first kappa shape index (κ1) is 25.1. The fourth-order valence-electron chi connectivity index (χ4n) is 4.49. The summed E-state index contributed by atoms with van der Waals surface area (Å²) >= 11 is 1.45. The SMILES string of the molecule is Cc1nnc(CCC(=O)C(NC(=O)C2CCCN2)c2ccc(C(C)C)c(F)c2-c2ccccc2)s1. The lowest BCUT2D eigenvalue weighted by Gasteiger charge is -2.24. The van der Waals surface area contributed by atoms with Crippen LogP contribution in [0.2, 0.25) is 0 Å². The van der Waals surface area contributed by atoms with Crippen LogP contribution in [0.15, 0.2) is 42.5 Å². The molecule has 1 aliphatic heterocycles. The van der Waals surface area contributed by atoms with Gasteiger partial charge in [-0.15, -0.1) is 21.5 Å². The molecule has 1 aliphatic rings. The van der Waals surface area contributed by atoms with Crippen LogP contribution < -0.4 is 10.6 Å². The Morgan fingerprint density at radius 3 is 2.51 bits per heavy atom. The van der Waals surface area contributed by atoms with E-state index < -0.39 is 6.04 Å². The van der Waals surface area contributed by atoms with Crippen molar-refractivity contribution in [2.45, 2.75) is 64.5 Å². The lowest BCUT2D eigenvalue weighted by atomic mass is 9.87. The van der Waals surface area contributed by atoms with Crippen LogP contribution in [0.1, 0.15) is 66.2 Å². The van der Waals surface area contributed by atoms with E-state index in [1.165, 1.54) is 11.3 Å². The van der Waals surface area contributed by atoms with E-state index in [0.29, 0.717) is 35.1 Å². The molecule has 1 saturated heterocycles. The van der Waals surface area contributed by atoms with Crippen molar-refractivity contribution in [1.82, 2.24) is 20.8 Å². The molecule has 4 rings (SSSR count). The van der Waals surface area contributed by atoms with E-state index in [1.54, 1.807) is 12.1 Å². The highest BCUT2D eigenvalue weighted by molar-refractivity contribution is 7.11. The second-order valence-electron chi connectivity index (χ2n) is 9.23.